The van der Waals surface area contributed by atoms with Crippen molar-refractivity contribution in [2.45, 2.75) is 52.5 Å². The van der Waals surface area contributed by atoms with E-state index in [1.165, 1.54) is 17.4 Å². The van der Waals surface area contributed by atoms with Gasteiger partial charge in [0.05, 0.1) is 5.56 Å². The number of nitrogens with zero attached hydrogens (tertiary/aromatic N) is 1. The Morgan fingerprint density at radius 2 is 2.05 bits per heavy atom. The third kappa shape index (κ3) is 2.78. The molecular formula is C14H21ClN2O2. The van der Waals surface area contributed by atoms with Crippen LogP contribution >= 0.6 is 11.6 Å². The Bertz CT molecular complexity index is 574. The van der Waals surface area contributed by atoms with Crippen LogP contribution in [0.3, 0.4) is 0 Å². The summed E-state index contributed by atoms with van der Waals surface area (Å²) in [6, 6.07) is 0. The summed E-state index contributed by atoms with van der Waals surface area (Å²) in [4.78, 5) is 26.9. The van der Waals surface area contributed by atoms with E-state index in [1.54, 1.807) is 0 Å². The summed E-state index contributed by atoms with van der Waals surface area (Å²) in [7, 11) is 0. The predicted molar refractivity (Wildman–Crippen MR) is 76.9 cm³/mol. The molecule has 5 heteroatoms. The van der Waals surface area contributed by atoms with E-state index < -0.39 is 5.69 Å². The molecule has 2 rings (SSSR count). The molecule has 1 fully saturated rings. The Morgan fingerprint density at radius 3 is 2.58 bits per heavy atom. The molecule has 0 aromatic carbocycles. The molecule has 0 radical (unpaired) electrons. The highest BCUT2D eigenvalue weighted by Gasteiger charge is 2.25. The maximum atomic E-state index is 12.4. The van der Waals surface area contributed by atoms with Gasteiger partial charge in [0.1, 0.15) is 5.15 Å². The number of hydrogen-bond donors (Lipinski definition) is 1. The van der Waals surface area contributed by atoms with Crippen molar-refractivity contribution in [2.75, 3.05) is 0 Å². The lowest BCUT2D eigenvalue weighted by Crippen LogP contribution is -2.39. The van der Waals surface area contributed by atoms with E-state index in [1.807, 2.05) is 13.8 Å². The normalized spacial score (nSPS) is 23.2. The fourth-order valence-electron chi connectivity index (χ4n) is 2.95. The fraction of sp³-hybridized carbons (Fsp3) is 0.714. The summed E-state index contributed by atoms with van der Waals surface area (Å²) < 4.78 is 1.33. The van der Waals surface area contributed by atoms with E-state index in [2.05, 4.69) is 11.9 Å². The van der Waals surface area contributed by atoms with Crippen LogP contribution in [-0.2, 0) is 6.54 Å². The number of nitrogens with one attached hydrogen (secondary N) is 1. The van der Waals surface area contributed by atoms with Gasteiger partial charge in [0.2, 0.25) is 0 Å². The van der Waals surface area contributed by atoms with Gasteiger partial charge in [-0.2, -0.15) is 0 Å². The number of H-pyrrole nitrogens is 1. The molecule has 0 amide bonds. The van der Waals surface area contributed by atoms with Crippen LogP contribution in [0.25, 0.3) is 0 Å². The number of aromatic amines is 1. The summed E-state index contributed by atoms with van der Waals surface area (Å²) in [5.74, 6) is 0.994. The number of halogens is 1. The molecule has 2 atom stereocenters. The minimum atomic E-state index is -0.390. The Morgan fingerprint density at radius 1 is 1.37 bits per heavy atom. The zero-order chi connectivity index (χ0) is 14.2. The van der Waals surface area contributed by atoms with Crippen molar-refractivity contribution in [2.24, 2.45) is 11.8 Å². The standard InChI is InChI=1S/C14H21ClN2O2/c1-8(2)11-12(15)16-14(19)17(13(11)18)7-10-6-4-5-9(10)3/h8-10H,4-7H2,1-3H3,(H,16,19). The lowest BCUT2D eigenvalue weighted by molar-refractivity contribution is 0.351. The Kier molecular flexibility index (Phi) is 4.19. The molecule has 2 unspecified atom stereocenters. The summed E-state index contributed by atoms with van der Waals surface area (Å²) in [5, 5.41) is 0.181. The molecule has 1 aliphatic carbocycles. The van der Waals surface area contributed by atoms with Gasteiger partial charge in [-0.3, -0.25) is 14.3 Å². The van der Waals surface area contributed by atoms with Crippen molar-refractivity contribution >= 4 is 11.6 Å². The topological polar surface area (TPSA) is 54.9 Å². The Balaban J connectivity index is 2.43. The summed E-state index contributed by atoms with van der Waals surface area (Å²) in [6.45, 7) is 6.51. The van der Waals surface area contributed by atoms with E-state index in [-0.39, 0.29) is 16.6 Å². The Hall–Kier alpha value is -1.03. The second-order valence-corrected chi connectivity index (χ2v) is 6.27. The van der Waals surface area contributed by atoms with Gasteiger partial charge in [-0.05, 0) is 24.2 Å². The SMILES string of the molecule is CC(C)c1c(Cl)[nH]c(=O)n(CC2CCCC2C)c1=O. The first kappa shape index (κ1) is 14.4. The van der Waals surface area contributed by atoms with Crippen LogP contribution < -0.4 is 11.2 Å². The van der Waals surface area contributed by atoms with Gasteiger partial charge in [-0.1, -0.05) is 45.2 Å². The summed E-state index contributed by atoms with van der Waals surface area (Å²) in [6.07, 6.45) is 3.46. The van der Waals surface area contributed by atoms with E-state index in [9.17, 15) is 9.59 Å². The second-order valence-electron chi connectivity index (χ2n) is 5.90. The first-order valence-corrected chi connectivity index (χ1v) is 7.32. The molecule has 0 spiro atoms. The van der Waals surface area contributed by atoms with Crippen LogP contribution in [0.2, 0.25) is 5.15 Å². The molecule has 106 valence electrons. The zero-order valence-corrected chi connectivity index (χ0v) is 12.5. The van der Waals surface area contributed by atoms with Crippen LogP contribution in [0.15, 0.2) is 9.59 Å². The molecule has 0 aliphatic heterocycles. The summed E-state index contributed by atoms with van der Waals surface area (Å²) in [5.41, 5.74) is -0.117. The van der Waals surface area contributed by atoms with Crippen molar-refractivity contribution in [1.82, 2.24) is 9.55 Å². The van der Waals surface area contributed by atoms with Crippen LogP contribution in [0.1, 0.15) is 51.5 Å². The van der Waals surface area contributed by atoms with E-state index in [0.717, 1.165) is 6.42 Å². The van der Waals surface area contributed by atoms with E-state index in [4.69, 9.17) is 11.6 Å². The molecule has 1 aliphatic rings. The van der Waals surface area contributed by atoms with Gasteiger partial charge in [0, 0.05) is 6.54 Å². The van der Waals surface area contributed by atoms with Gasteiger partial charge < -0.3 is 0 Å². The highest BCUT2D eigenvalue weighted by molar-refractivity contribution is 6.30. The van der Waals surface area contributed by atoms with Crippen LogP contribution in [0.5, 0.6) is 0 Å². The molecule has 1 saturated carbocycles. The minimum Gasteiger partial charge on any atom is -0.297 e. The van der Waals surface area contributed by atoms with Crippen LogP contribution in [-0.4, -0.2) is 9.55 Å². The lowest BCUT2D eigenvalue weighted by Gasteiger charge is -2.17. The van der Waals surface area contributed by atoms with Crippen molar-refractivity contribution in [3.05, 3.63) is 31.6 Å². The molecule has 1 N–H and O–H groups in total. The molecule has 1 aromatic heterocycles. The quantitative estimate of drug-likeness (QED) is 0.868. The van der Waals surface area contributed by atoms with Gasteiger partial charge in [-0.15, -0.1) is 0 Å². The number of rotatable bonds is 3. The van der Waals surface area contributed by atoms with Crippen molar-refractivity contribution in [1.29, 1.82) is 0 Å². The van der Waals surface area contributed by atoms with Gasteiger partial charge in [0.15, 0.2) is 0 Å². The molecule has 19 heavy (non-hydrogen) atoms. The molecule has 1 heterocycles. The third-order valence-corrected chi connectivity index (χ3v) is 4.51. The molecule has 4 nitrogen and oxygen atoms in total. The second kappa shape index (κ2) is 5.53. The molecule has 1 aromatic rings. The monoisotopic (exact) mass is 284 g/mol. The highest BCUT2D eigenvalue weighted by atomic mass is 35.5. The Labute approximate surface area is 117 Å². The average Bonchev–Trinajstić information content (AvgIpc) is 2.69. The summed E-state index contributed by atoms with van der Waals surface area (Å²) >= 11 is 5.98. The minimum absolute atomic E-state index is 0.00380. The van der Waals surface area contributed by atoms with Crippen molar-refractivity contribution < 1.29 is 0 Å². The lowest BCUT2D eigenvalue weighted by atomic mass is 9.98. The zero-order valence-electron chi connectivity index (χ0n) is 11.7. The number of hydrogen-bond acceptors (Lipinski definition) is 2. The fourth-order valence-corrected chi connectivity index (χ4v) is 3.33. The van der Waals surface area contributed by atoms with E-state index >= 15 is 0 Å². The molecular weight excluding hydrogens is 264 g/mol. The van der Waals surface area contributed by atoms with E-state index in [0.29, 0.717) is 23.9 Å². The van der Waals surface area contributed by atoms with Gasteiger partial charge in [-0.25, -0.2) is 4.79 Å². The smallest absolute Gasteiger partial charge is 0.297 e. The number of aromatic nitrogens is 2. The van der Waals surface area contributed by atoms with Crippen molar-refractivity contribution in [3.8, 4) is 0 Å². The molecule has 0 bridgehead atoms. The maximum Gasteiger partial charge on any atom is 0.329 e. The largest absolute Gasteiger partial charge is 0.329 e. The molecule has 0 saturated heterocycles. The van der Waals surface area contributed by atoms with Gasteiger partial charge >= 0.3 is 5.69 Å². The highest BCUT2D eigenvalue weighted by Crippen LogP contribution is 2.31. The predicted octanol–water partition coefficient (Wildman–Crippen LogP) is 2.75. The first-order valence-electron chi connectivity index (χ1n) is 6.94. The average molecular weight is 285 g/mol. The van der Waals surface area contributed by atoms with Gasteiger partial charge in [0.25, 0.3) is 5.56 Å². The third-order valence-electron chi connectivity index (χ3n) is 4.21. The van der Waals surface area contributed by atoms with Crippen LogP contribution in [0.4, 0.5) is 0 Å². The first-order chi connectivity index (χ1) is 8.91. The van der Waals surface area contributed by atoms with Crippen molar-refractivity contribution in [3.63, 3.8) is 0 Å². The maximum absolute atomic E-state index is 12.4. The van der Waals surface area contributed by atoms with Crippen LogP contribution in [0, 0.1) is 11.8 Å².